The molecule has 0 N–H and O–H groups in total. The molecule has 6 heteroatoms. The second kappa shape index (κ2) is 8.44. The van der Waals surface area contributed by atoms with Crippen LogP contribution >= 0.6 is 0 Å². The van der Waals surface area contributed by atoms with E-state index in [4.69, 9.17) is 4.42 Å². The summed E-state index contributed by atoms with van der Waals surface area (Å²) in [6.45, 7) is 6.17. The molecule has 1 aromatic heterocycles. The Kier molecular flexibility index (Phi) is 5.54. The number of rotatable bonds is 6. The average molecular weight is 414 g/mol. The summed E-state index contributed by atoms with van der Waals surface area (Å²) in [5, 5.41) is 11.6. The first kappa shape index (κ1) is 20.3. The Labute approximate surface area is 179 Å². The molecule has 0 saturated carbocycles. The van der Waals surface area contributed by atoms with Gasteiger partial charge in [0.1, 0.15) is 5.58 Å². The molecule has 6 nitrogen and oxygen atoms in total. The lowest BCUT2D eigenvalue weighted by Gasteiger charge is -2.21. The summed E-state index contributed by atoms with van der Waals surface area (Å²) in [5.41, 5.74) is 4.14. The lowest BCUT2D eigenvalue weighted by molar-refractivity contribution is -0.384. The SMILES string of the molecule is CCN(CC)c1ccc(-c2ccc3cc(-c4ccc([N+](=O)[O-])cc4)c(=O)oc3c2)cc1. The highest BCUT2D eigenvalue weighted by Gasteiger charge is 2.11. The van der Waals surface area contributed by atoms with E-state index in [0.29, 0.717) is 16.7 Å². The molecule has 0 aliphatic carbocycles. The van der Waals surface area contributed by atoms with Gasteiger partial charge in [0.2, 0.25) is 0 Å². The molecule has 31 heavy (non-hydrogen) atoms. The number of nitro benzene ring substituents is 1. The van der Waals surface area contributed by atoms with Gasteiger partial charge in [-0.3, -0.25) is 10.1 Å². The minimum atomic E-state index is -0.476. The molecule has 4 rings (SSSR count). The Bertz CT molecular complexity index is 1290. The summed E-state index contributed by atoms with van der Waals surface area (Å²) in [4.78, 5) is 25.2. The number of non-ortho nitro benzene ring substituents is 1. The molecule has 0 aliphatic heterocycles. The van der Waals surface area contributed by atoms with E-state index >= 15 is 0 Å². The maximum atomic E-state index is 12.6. The minimum Gasteiger partial charge on any atom is -0.422 e. The van der Waals surface area contributed by atoms with E-state index in [1.165, 1.54) is 17.8 Å². The van der Waals surface area contributed by atoms with Crippen molar-refractivity contribution in [3.8, 4) is 22.3 Å². The van der Waals surface area contributed by atoms with Gasteiger partial charge in [0.05, 0.1) is 10.5 Å². The van der Waals surface area contributed by atoms with E-state index in [2.05, 4.69) is 43.0 Å². The molecule has 4 aromatic rings. The van der Waals surface area contributed by atoms with Crippen molar-refractivity contribution < 1.29 is 9.34 Å². The van der Waals surface area contributed by atoms with E-state index in [9.17, 15) is 14.9 Å². The first-order valence-corrected chi connectivity index (χ1v) is 10.2. The molecule has 3 aromatic carbocycles. The number of benzene rings is 3. The quantitative estimate of drug-likeness (QED) is 0.224. The third kappa shape index (κ3) is 4.05. The van der Waals surface area contributed by atoms with E-state index < -0.39 is 10.5 Å². The fourth-order valence-corrected chi connectivity index (χ4v) is 3.71. The fourth-order valence-electron chi connectivity index (χ4n) is 3.71. The fraction of sp³-hybridized carbons (Fsp3) is 0.160. The van der Waals surface area contributed by atoms with Crippen LogP contribution < -0.4 is 10.5 Å². The Morgan fingerprint density at radius 3 is 2.06 bits per heavy atom. The zero-order chi connectivity index (χ0) is 22.0. The van der Waals surface area contributed by atoms with Crippen LogP contribution in [0.25, 0.3) is 33.2 Å². The summed E-state index contributed by atoms with van der Waals surface area (Å²) >= 11 is 0. The Morgan fingerprint density at radius 2 is 1.45 bits per heavy atom. The largest absolute Gasteiger partial charge is 0.422 e. The van der Waals surface area contributed by atoms with Crippen molar-refractivity contribution in [3.63, 3.8) is 0 Å². The second-order valence-electron chi connectivity index (χ2n) is 7.22. The first-order chi connectivity index (χ1) is 15.0. The summed E-state index contributed by atoms with van der Waals surface area (Å²) in [6.07, 6.45) is 0. The lowest BCUT2D eigenvalue weighted by atomic mass is 10.0. The molecule has 0 spiro atoms. The third-order valence-corrected chi connectivity index (χ3v) is 5.45. The zero-order valence-electron chi connectivity index (χ0n) is 17.4. The van der Waals surface area contributed by atoms with Crippen LogP contribution in [0.3, 0.4) is 0 Å². The normalized spacial score (nSPS) is 10.9. The number of hydrogen-bond acceptors (Lipinski definition) is 5. The third-order valence-electron chi connectivity index (χ3n) is 5.45. The van der Waals surface area contributed by atoms with Crippen molar-refractivity contribution in [2.45, 2.75) is 13.8 Å². The van der Waals surface area contributed by atoms with Crippen molar-refractivity contribution in [1.29, 1.82) is 0 Å². The standard InChI is InChI=1S/C25H22N2O4/c1-3-26(4-2)21-11-7-17(8-12-21)19-5-6-20-15-23(25(28)31-24(20)16-19)18-9-13-22(14-10-18)27(29)30/h5-16H,3-4H2,1-2H3. The Morgan fingerprint density at radius 1 is 0.839 bits per heavy atom. The summed E-state index contributed by atoms with van der Waals surface area (Å²) < 4.78 is 5.59. The molecular formula is C25H22N2O4. The summed E-state index contributed by atoms with van der Waals surface area (Å²) in [6, 6.07) is 21.7. The van der Waals surface area contributed by atoms with Gasteiger partial charge in [-0.25, -0.2) is 4.79 Å². The van der Waals surface area contributed by atoms with Gasteiger partial charge in [0.15, 0.2) is 0 Å². The smallest absolute Gasteiger partial charge is 0.344 e. The Balaban J connectivity index is 1.68. The van der Waals surface area contributed by atoms with Gasteiger partial charge in [-0.1, -0.05) is 24.3 Å². The van der Waals surface area contributed by atoms with Gasteiger partial charge < -0.3 is 9.32 Å². The van der Waals surface area contributed by atoms with E-state index in [1.807, 2.05) is 18.2 Å². The minimum absolute atomic E-state index is 0.0226. The predicted molar refractivity (Wildman–Crippen MR) is 124 cm³/mol. The van der Waals surface area contributed by atoms with Crippen molar-refractivity contribution in [3.05, 3.63) is 93.3 Å². The van der Waals surface area contributed by atoms with E-state index in [0.717, 1.165) is 29.6 Å². The highest BCUT2D eigenvalue weighted by atomic mass is 16.6. The molecule has 0 bridgehead atoms. The topological polar surface area (TPSA) is 76.6 Å². The molecule has 0 atom stereocenters. The van der Waals surface area contributed by atoms with Crippen LogP contribution in [0.2, 0.25) is 0 Å². The molecule has 0 fully saturated rings. The van der Waals surface area contributed by atoms with Crippen LogP contribution in [-0.2, 0) is 0 Å². The van der Waals surface area contributed by atoms with Crippen LogP contribution in [0.5, 0.6) is 0 Å². The van der Waals surface area contributed by atoms with Gasteiger partial charge in [-0.2, -0.15) is 0 Å². The van der Waals surface area contributed by atoms with Crippen molar-refractivity contribution in [2.24, 2.45) is 0 Å². The molecule has 1 heterocycles. The number of hydrogen-bond donors (Lipinski definition) is 0. The van der Waals surface area contributed by atoms with E-state index in [-0.39, 0.29) is 5.69 Å². The molecule has 0 aliphatic rings. The predicted octanol–water partition coefficient (Wildman–Crippen LogP) is 5.88. The van der Waals surface area contributed by atoms with Gasteiger partial charge >= 0.3 is 5.63 Å². The average Bonchev–Trinajstić information content (AvgIpc) is 2.79. The van der Waals surface area contributed by atoms with Gasteiger partial charge in [-0.05, 0) is 66.9 Å². The maximum Gasteiger partial charge on any atom is 0.344 e. The van der Waals surface area contributed by atoms with Crippen molar-refractivity contribution >= 4 is 22.3 Å². The van der Waals surface area contributed by atoms with Crippen LogP contribution in [0, 0.1) is 10.1 Å². The first-order valence-electron chi connectivity index (χ1n) is 10.2. The van der Waals surface area contributed by atoms with Crippen LogP contribution in [-0.4, -0.2) is 18.0 Å². The molecule has 0 unspecified atom stereocenters. The van der Waals surface area contributed by atoms with Gasteiger partial charge in [-0.15, -0.1) is 0 Å². The molecule has 0 amide bonds. The summed E-state index contributed by atoms with van der Waals surface area (Å²) in [5.74, 6) is 0. The highest BCUT2D eigenvalue weighted by Crippen LogP contribution is 2.28. The highest BCUT2D eigenvalue weighted by molar-refractivity contribution is 5.86. The summed E-state index contributed by atoms with van der Waals surface area (Å²) in [7, 11) is 0. The van der Waals surface area contributed by atoms with Gasteiger partial charge in [0, 0.05) is 36.3 Å². The zero-order valence-corrected chi connectivity index (χ0v) is 17.4. The number of anilines is 1. The lowest BCUT2D eigenvalue weighted by Crippen LogP contribution is -2.21. The van der Waals surface area contributed by atoms with Crippen LogP contribution in [0.4, 0.5) is 11.4 Å². The maximum absolute atomic E-state index is 12.6. The molecular weight excluding hydrogens is 392 g/mol. The molecule has 0 radical (unpaired) electrons. The van der Waals surface area contributed by atoms with Crippen LogP contribution in [0.15, 0.2) is 82.0 Å². The van der Waals surface area contributed by atoms with Crippen molar-refractivity contribution in [1.82, 2.24) is 0 Å². The molecule has 156 valence electrons. The van der Waals surface area contributed by atoms with Crippen LogP contribution in [0.1, 0.15) is 13.8 Å². The second-order valence-corrected chi connectivity index (χ2v) is 7.22. The number of fused-ring (bicyclic) bond motifs is 1. The Hall–Kier alpha value is -3.93. The van der Waals surface area contributed by atoms with Gasteiger partial charge in [0.25, 0.3) is 5.69 Å². The molecule has 0 saturated heterocycles. The van der Waals surface area contributed by atoms with E-state index in [1.54, 1.807) is 18.2 Å². The number of nitrogens with zero attached hydrogens (tertiary/aromatic N) is 2. The monoisotopic (exact) mass is 414 g/mol. The van der Waals surface area contributed by atoms with Crippen molar-refractivity contribution in [2.75, 3.05) is 18.0 Å². The number of nitro groups is 1.